The molecule has 3 N–H and O–H groups in total. The molecule has 0 spiro atoms. The van der Waals surface area contributed by atoms with Gasteiger partial charge in [0.2, 0.25) is 0 Å². The van der Waals surface area contributed by atoms with Crippen molar-refractivity contribution in [2.75, 3.05) is 14.2 Å². The van der Waals surface area contributed by atoms with E-state index in [9.17, 15) is 50.3 Å². The molecule has 354 valence electrons. The first-order valence-electron chi connectivity index (χ1n) is 18.3. The Bertz CT molecular complexity index is 2580. The number of amides is 1. The van der Waals surface area contributed by atoms with Crippen molar-refractivity contribution in [1.82, 2.24) is 14.5 Å². The zero-order chi connectivity index (χ0) is 46.4. The van der Waals surface area contributed by atoms with E-state index in [-0.39, 0.29) is 78.2 Å². The van der Waals surface area contributed by atoms with Gasteiger partial charge in [0.05, 0.1) is 52.1 Å². The second-order valence-electron chi connectivity index (χ2n) is 14.0. The maximum atomic E-state index is 13.7. The maximum Gasteiger partial charge on any atom is 0.417 e. The Kier molecular flexibility index (Phi) is 20.8. The number of aromatic nitrogens is 2. The van der Waals surface area contributed by atoms with E-state index in [1.807, 2.05) is 0 Å². The van der Waals surface area contributed by atoms with Gasteiger partial charge in [-0.05, 0) is 66.8 Å². The Morgan fingerprint density at radius 2 is 1.05 bits per heavy atom. The summed E-state index contributed by atoms with van der Waals surface area (Å²) < 4.78 is 92.8. The van der Waals surface area contributed by atoms with Gasteiger partial charge in [-0.2, -0.15) is 26.3 Å². The highest BCUT2D eigenvalue weighted by Crippen LogP contribution is 2.37. The zero-order valence-electron chi connectivity index (χ0n) is 34.3. The number of benzene rings is 3. The van der Waals surface area contributed by atoms with Crippen molar-refractivity contribution in [3.05, 3.63) is 149 Å². The molecular formula is C45H49Cl3F6N4O7. The molecule has 0 aliphatic heterocycles. The molecule has 0 aliphatic rings. The summed E-state index contributed by atoms with van der Waals surface area (Å²) in [6, 6.07) is 15.9. The Labute approximate surface area is 387 Å². The number of ether oxygens (including phenoxy) is 2. The van der Waals surface area contributed by atoms with Gasteiger partial charge in [0.15, 0.2) is 0 Å². The van der Waals surface area contributed by atoms with E-state index in [1.165, 1.54) is 100 Å². The number of esters is 2. The molecule has 5 rings (SSSR count). The van der Waals surface area contributed by atoms with E-state index < -0.39 is 75.7 Å². The predicted octanol–water partition coefficient (Wildman–Crippen LogP) is 9.32. The highest BCUT2D eigenvalue weighted by molar-refractivity contribution is 6.39. The first-order chi connectivity index (χ1) is 28.9. The lowest BCUT2D eigenvalue weighted by atomic mass is 9.97. The average Bonchev–Trinajstić information content (AvgIpc) is 3.21. The normalized spacial score (nSPS) is 11.9. The van der Waals surface area contributed by atoms with E-state index in [1.54, 1.807) is 6.07 Å². The first kappa shape index (κ1) is 57.4. The number of halogens is 9. The lowest BCUT2D eigenvalue weighted by Crippen LogP contribution is -2.43. The monoisotopic (exact) mass is 976 g/mol. The second-order valence-corrected chi connectivity index (χ2v) is 14.8. The third kappa shape index (κ3) is 13.7. The summed E-state index contributed by atoms with van der Waals surface area (Å²) in [7, 11) is 5.19. The Balaban J connectivity index is 0.000000651. The molecule has 1 amide bonds. The molecule has 2 heterocycles. The average molecular weight is 978 g/mol. The van der Waals surface area contributed by atoms with Crippen molar-refractivity contribution in [2.24, 2.45) is 19.8 Å². The molecule has 2 atom stereocenters. The third-order valence-corrected chi connectivity index (χ3v) is 10.4. The van der Waals surface area contributed by atoms with Crippen molar-refractivity contribution >= 4 is 53.5 Å². The van der Waals surface area contributed by atoms with E-state index in [4.69, 9.17) is 33.7 Å². The Hall–Kier alpha value is -5.62. The predicted molar refractivity (Wildman–Crippen MR) is 242 cm³/mol. The molecule has 2 unspecified atom stereocenters. The van der Waals surface area contributed by atoms with Crippen LogP contribution in [0.2, 0.25) is 10.0 Å². The van der Waals surface area contributed by atoms with Crippen molar-refractivity contribution in [3.8, 4) is 22.3 Å². The van der Waals surface area contributed by atoms with Crippen LogP contribution in [-0.4, -0.2) is 53.3 Å². The number of hydrogen-bond acceptors (Lipinski definition) is 8. The van der Waals surface area contributed by atoms with Gasteiger partial charge < -0.3 is 29.7 Å². The number of aryl methyl sites for hydroxylation is 2. The van der Waals surface area contributed by atoms with Gasteiger partial charge in [0.25, 0.3) is 17.0 Å². The number of carbonyl (C=O) groups is 3. The molecule has 5 aromatic rings. The van der Waals surface area contributed by atoms with Crippen LogP contribution in [0.5, 0.6) is 0 Å². The lowest BCUT2D eigenvalue weighted by molar-refractivity contribution is -0.143. The van der Waals surface area contributed by atoms with E-state index in [0.29, 0.717) is 11.1 Å². The van der Waals surface area contributed by atoms with E-state index in [2.05, 4.69) is 10.1 Å². The Morgan fingerprint density at radius 1 is 0.677 bits per heavy atom. The minimum Gasteiger partial charge on any atom is -0.468 e. The molecule has 0 radical (unpaired) electrons. The molecule has 11 nitrogen and oxygen atoms in total. The molecule has 2 aromatic heterocycles. The number of nitrogens with two attached hydrogens (primary N) is 1. The standard InChI is InChI=1S/C25H21Cl2F3N2O4.C18H19F3N2O3.2CH4.ClH/c1-13-11-16(25(28,29)30)20(23(34)32(13)2)15-9-7-14(8-10-15)12-19(24(35)36-3)31-22(33)21-17(26)5-4-6-18(21)27;1-10-8-13(18(19,20)21)15(16(24)23(10)2)12-6-4-11(5-7-12)9-14(22)17(25)26-3;;;/h4-11,19H,12H2,1-3H3,(H,31,33);4-8,14H,9,22H2,1-3H3;2*1H4;1H. The maximum absolute atomic E-state index is 13.7. The molecule has 65 heavy (non-hydrogen) atoms. The Morgan fingerprint density at radius 3 is 1.40 bits per heavy atom. The SMILES string of the molecule is C.C.COC(=O)C(Cc1ccc(-c2c(C(F)(F)F)cc(C)n(C)c2=O)cc1)NC(=O)c1c(Cl)cccc1Cl.COC(=O)C(N)Cc1ccc(-c2c(C(F)(F)F)cc(C)n(C)c2=O)cc1.Cl. The first-order valence-corrected chi connectivity index (χ1v) is 19.1. The fraction of sp³-hybridized carbons (Fsp3) is 0.311. The highest BCUT2D eigenvalue weighted by atomic mass is 35.5. The molecule has 20 heteroatoms. The molecular weight excluding hydrogens is 929 g/mol. The van der Waals surface area contributed by atoms with Crippen molar-refractivity contribution in [3.63, 3.8) is 0 Å². The molecule has 3 aromatic carbocycles. The van der Waals surface area contributed by atoms with Gasteiger partial charge in [-0.3, -0.25) is 19.2 Å². The number of pyridine rings is 2. The van der Waals surface area contributed by atoms with Crippen molar-refractivity contribution in [1.29, 1.82) is 0 Å². The van der Waals surface area contributed by atoms with Crippen LogP contribution in [-0.2, 0) is 58.4 Å². The number of nitrogens with one attached hydrogen (secondary N) is 1. The lowest BCUT2D eigenvalue weighted by Gasteiger charge is -2.18. The minimum atomic E-state index is -4.73. The molecule has 0 saturated carbocycles. The van der Waals surface area contributed by atoms with Crippen LogP contribution in [0.3, 0.4) is 0 Å². The summed E-state index contributed by atoms with van der Waals surface area (Å²) >= 11 is 12.1. The fourth-order valence-corrected chi connectivity index (χ4v) is 6.84. The zero-order valence-corrected chi connectivity index (χ0v) is 36.7. The minimum absolute atomic E-state index is 0. The summed E-state index contributed by atoms with van der Waals surface area (Å²) in [5.41, 5.74) is 2.99. The van der Waals surface area contributed by atoms with Gasteiger partial charge in [0, 0.05) is 31.9 Å². The second kappa shape index (κ2) is 23.5. The van der Waals surface area contributed by atoms with Gasteiger partial charge in [-0.25, -0.2) is 4.79 Å². The molecule has 0 saturated heterocycles. The van der Waals surface area contributed by atoms with E-state index in [0.717, 1.165) is 23.8 Å². The summed E-state index contributed by atoms with van der Waals surface area (Å²) in [5, 5.41) is 2.71. The summed E-state index contributed by atoms with van der Waals surface area (Å²) in [5.74, 6) is -2.03. The number of methoxy groups -OCH3 is 2. The van der Waals surface area contributed by atoms with Crippen LogP contribution in [0.25, 0.3) is 22.3 Å². The fourth-order valence-electron chi connectivity index (χ4n) is 6.27. The number of rotatable bonds is 10. The summed E-state index contributed by atoms with van der Waals surface area (Å²) in [6.45, 7) is 2.86. The van der Waals surface area contributed by atoms with Gasteiger partial charge in [-0.1, -0.05) is 92.7 Å². The van der Waals surface area contributed by atoms with Crippen LogP contribution >= 0.6 is 35.6 Å². The molecule has 0 fully saturated rings. The smallest absolute Gasteiger partial charge is 0.417 e. The van der Waals surface area contributed by atoms with Gasteiger partial charge in [-0.15, -0.1) is 12.4 Å². The summed E-state index contributed by atoms with van der Waals surface area (Å²) in [6.07, 6.45) is -9.25. The molecule has 0 aliphatic carbocycles. The van der Waals surface area contributed by atoms with Crippen LogP contribution < -0.4 is 22.2 Å². The van der Waals surface area contributed by atoms with Crippen molar-refractivity contribution < 1.29 is 50.2 Å². The number of carbonyl (C=O) groups excluding carboxylic acids is 3. The quantitative estimate of drug-likeness (QED) is 0.104. The van der Waals surface area contributed by atoms with Crippen LogP contribution in [0.1, 0.15) is 58.9 Å². The van der Waals surface area contributed by atoms with Crippen molar-refractivity contribution in [2.45, 2.75) is 66.0 Å². The highest BCUT2D eigenvalue weighted by Gasteiger charge is 2.37. The van der Waals surface area contributed by atoms with Crippen LogP contribution in [0, 0.1) is 13.8 Å². The summed E-state index contributed by atoms with van der Waals surface area (Å²) in [4.78, 5) is 61.6. The number of alkyl halides is 6. The largest absolute Gasteiger partial charge is 0.468 e. The molecule has 0 bridgehead atoms. The van der Waals surface area contributed by atoms with Gasteiger partial charge >= 0.3 is 24.3 Å². The topological polar surface area (TPSA) is 152 Å². The number of nitrogens with zero attached hydrogens (tertiary/aromatic N) is 2. The van der Waals surface area contributed by atoms with Crippen LogP contribution in [0.15, 0.2) is 88.5 Å². The third-order valence-electron chi connectivity index (χ3n) is 9.82. The van der Waals surface area contributed by atoms with Gasteiger partial charge in [0.1, 0.15) is 12.1 Å². The van der Waals surface area contributed by atoms with E-state index >= 15 is 0 Å². The number of hydrogen-bond donors (Lipinski definition) is 2. The van der Waals surface area contributed by atoms with Crippen LogP contribution in [0.4, 0.5) is 26.3 Å².